The molecule has 0 radical (unpaired) electrons. The number of nitriles is 1. The molecule has 0 aliphatic carbocycles. The number of nitrogens with one attached hydrogen (secondary N) is 1. The topological polar surface area (TPSA) is 52.0 Å². The highest BCUT2D eigenvalue weighted by molar-refractivity contribution is 7.15. The normalized spacial score (nSPS) is 12.4. The van der Waals surface area contributed by atoms with Gasteiger partial charge < -0.3 is 5.32 Å². The Balaban J connectivity index is 2.52. The average Bonchev–Trinajstić information content (AvgIpc) is 2.76. The van der Waals surface area contributed by atoms with Gasteiger partial charge in [-0.15, -0.1) is 11.3 Å². The third-order valence-electron chi connectivity index (χ3n) is 2.46. The molecule has 94 valence electrons. The summed E-state index contributed by atoms with van der Waals surface area (Å²) in [5.41, 5.74) is 0. The third-order valence-corrected chi connectivity index (χ3v) is 3.40. The second-order valence-corrected chi connectivity index (χ2v) is 5.14. The van der Waals surface area contributed by atoms with Gasteiger partial charge in [-0.05, 0) is 20.4 Å². The van der Waals surface area contributed by atoms with Crippen LogP contribution in [0, 0.1) is 17.2 Å². The molecule has 0 fully saturated rings. The Hall–Kier alpha value is -1.12. The summed E-state index contributed by atoms with van der Waals surface area (Å²) in [5.74, 6) is 0.0797. The van der Waals surface area contributed by atoms with Crippen LogP contribution in [0.15, 0.2) is 6.20 Å². The molecule has 1 atom stereocenters. The molecule has 0 amide bonds. The lowest BCUT2D eigenvalue weighted by Crippen LogP contribution is -2.27. The molecular formula is C12H20N4S. The highest BCUT2D eigenvalue weighted by Crippen LogP contribution is 2.19. The lowest BCUT2D eigenvalue weighted by atomic mass is 10.2. The van der Waals surface area contributed by atoms with E-state index in [1.807, 2.05) is 13.1 Å². The van der Waals surface area contributed by atoms with Gasteiger partial charge in [0.05, 0.1) is 12.0 Å². The minimum Gasteiger partial charge on any atom is -0.362 e. The van der Waals surface area contributed by atoms with Crippen LogP contribution in [-0.2, 0) is 6.54 Å². The van der Waals surface area contributed by atoms with Crippen LogP contribution in [0.25, 0.3) is 0 Å². The summed E-state index contributed by atoms with van der Waals surface area (Å²) in [7, 11) is 0. The van der Waals surface area contributed by atoms with Gasteiger partial charge in [0.15, 0.2) is 5.13 Å². The lowest BCUT2D eigenvalue weighted by Gasteiger charge is -2.20. The van der Waals surface area contributed by atoms with Crippen molar-refractivity contribution in [2.45, 2.75) is 27.3 Å². The van der Waals surface area contributed by atoms with Gasteiger partial charge in [-0.25, -0.2) is 4.98 Å². The van der Waals surface area contributed by atoms with E-state index in [9.17, 15) is 0 Å². The third kappa shape index (κ3) is 4.72. The minimum atomic E-state index is 0.0797. The molecule has 0 saturated carbocycles. The fourth-order valence-corrected chi connectivity index (χ4v) is 2.49. The van der Waals surface area contributed by atoms with Gasteiger partial charge in [-0.1, -0.05) is 6.92 Å². The van der Waals surface area contributed by atoms with E-state index < -0.39 is 0 Å². The molecule has 4 nitrogen and oxygen atoms in total. The van der Waals surface area contributed by atoms with Crippen LogP contribution in [-0.4, -0.2) is 29.5 Å². The number of nitrogens with zero attached hydrogens (tertiary/aromatic N) is 3. The van der Waals surface area contributed by atoms with E-state index in [1.165, 1.54) is 4.88 Å². The van der Waals surface area contributed by atoms with Crippen molar-refractivity contribution in [3.05, 3.63) is 11.1 Å². The van der Waals surface area contributed by atoms with Crippen molar-refractivity contribution in [1.82, 2.24) is 9.88 Å². The zero-order chi connectivity index (χ0) is 12.7. The Morgan fingerprint density at radius 2 is 2.35 bits per heavy atom. The van der Waals surface area contributed by atoms with Crippen LogP contribution in [0.1, 0.15) is 25.6 Å². The quantitative estimate of drug-likeness (QED) is 0.810. The zero-order valence-corrected chi connectivity index (χ0v) is 11.5. The van der Waals surface area contributed by atoms with Gasteiger partial charge in [0.1, 0.15) is 0 Å². The Morgan fingerprint density at radius 1 is 1.59 bits per heavy atom. The molecule has 0 aliphatic rings. The van der Waals surface area contributed by atoms with Gasteiger partial charge in [0, 0.05) is 30.7 Å². The predicted molar refractivity (Wildman–Crippen MR) is 72.0 cm³/mol. The molecule has 1 heterocycles. The van der Waals surface area contributed by atoms with E-state index in [-0.39, 0.29) is 5.92 Å². The fourth-order valence-electron chi connectivity index (χ4n) is 1.57. The molecular weight excluding hydrogens is 232 g/mol. The summed E-state index contributed by atoms with van der Waals surface area (Å²) in [4.78, 5) is 7.83. The van der Waals surface area contributed by atoms with Crippen LogP contribution >= 0.6 is 11.3 Å². The van der Waals surface area contributed by atoms with E-state index in [4.69, 9.17) is 5.26 Å². The number of aromatic nitrogens is 1. The fraction of sp³-hybridized carbons (Fsp3) is 0.667. The van der Waals surface area contributed by atoms with E-state index in [0.717, 1.165) is 31.3 Å². The Bertz CT molecular complexity index is 369. The number of hydrogen-bond acceptors (Lipinski definition) is 5. The molecule has 0 aromatic carbocycles. The Morgan fingerprint density at radius 3 is 2.94 bits per heavy atom. The number of rotatable bonds is 7. The highest BCUT2D eigenvalue weighted by atomic mass is 32.1. The summed E-state index contributed by atoms with van der Waals surface area (Å²) in [6, 6.07) is 2.27. The summed E-state index contributed by atoms with van der Waals surface area (Å²) < 4.78 is 0. The number of thiazole rings is 1. The second kappa shape index (κ2) is 7.25. The van der Waals surface area contributed by atoms with Gasteiger partial charge in [0.25, 0.3) is 0 Å². The van der Waals surface area contributed by atoms with Crippen LogP contribution in [0.2, 0.25) is 0 Å². The smallest absolute Gasteiger partial charge is 0.182 e. The molecule has 5 heteroatoms. The standard InChI is InChI=1S/C12H20N4S/c1-4-14-12-15-7-11(17-12)9-16(5-2)8-10(3)6-13/h7,10H,4-5,8-9H2,1-3H3,(H,14,15). The van der Waals surface area contributed by atoms with Gasteiger partial charge >= 0.3 is 0 Å². The largest absolute Gasteiger partial charge is 0.362 e. The monoisotopic (exact) mass is 252 g/mol. The van der Waals surface area contributed by atoms with Crippen molar-refractivity contribution in [3.63, 3.8) is 0 Å². The molecule has 1 aromatic rings. The van der Waals surface area contributed by atoms with Crippen molar-refractivity contribution in [2.75, 3.05) is 25.0 Å². The minimum absolute atomic E-state index is 0.0797. The van der Waals surface area contributed by atoms with Crippen molar-refractivity contribution in [2.24, 2.45) is 5.92 Å². The highest BCUT2D eigenvalue weighted by Gasteiger charge is 2.10. The summed E-state index contributed by atoms with van der Waals surface area (Å²) in [5, 5.41) is 13.0. The van der Waals surface area contributed by atoms with Crippen molar-refractivity contribution >= 4 is 16.5 Å². The van der Waals surface area contributed by atoms with Gasteiger partial charge in [-0.2, -0.15) is 5.26 Å². The van der Waals surface area contributed by atoms with Crippen LogP contribution in [0.3, 0.4) is 0 Å². The number of hydrogen-bond donors (Lipinski definition) is 1. The number of anilines is 1. The molecule has 1 N–H and O–H groups in total. The van der Waals surface area contributed by atoms with Crippen molar-refractivity contribution in [3.8, 4) is 6.07 Å². The molecule has 17 heavy (non-hydrogen) atoms. The van der Waals surface area contributed by atoms with Crippen LogP contribution in [0.4, 0.5) is 5.13 Å². The predicted octanol–water partition coefficient (Wildman–Crippen LogP) is 2.56. The molecule has 0 bridgehead atoms. The van der Waals surface area contributed by atoms with E-state index >= 15 is 0 Å². The first-order valence-electron chi connectivity index (χ1n) is 6.00. The van der Waals surface area contributed by atoms with Crippen molar-refractivity contribution in [1.29, 1.82) is 5.26 Å². The van der Waals surface area contributed by atoms with Crippen molar-refractivity contribution < 1.29 is 0 Å². The second-order valence-electron chi connectivity index (χ2n) is 4.02. The maximum Gasteiger partial charge on any atom is 0.182 e. The van der Waals surface area contributed by atoms with Gasteiger partial charge in [-0.3, -0.25) is 4.90 Å². The zero-order valence-electron chi connectivity index (χ0n) is 10.7. The Kier molecular flexibility index (Phi) is 5.95. The van der Waals surface area contributed by atoms with E-state index in [0.29, 0.717) is 0 Å². The molecule has 0 aliphatic heterocycles. The molecule has 0 saturated heterocycles. The van der Waals surface area contributed by atoms with Gasteiger partial charge in [0.2, 0.25) is 0 Å². The van der Waals surface area contributed by atoms with E-state index in [1.54, 1.807) is 11.3 Å². The first-order chi connectivity index (χ1) is 8.19. The summed E-state index contributed by atoms with van der Waals surface area (Å²) in [6.07, 6.45) is 1.92. The summed E-state index contributed by atoms with van der Waals surface area (Å²) in [6.45, 7) is 9.70. The van der Waals surface area contributed by atoms with Crippen LogP contribution in [0.5, 0.6) is 0 Å². The first kappa shape index (κ1) is 13.9. The Labute approximate surface area is 107 Å². The molecule has 1 rings (SSSR count). The lowest BCUT2D eigenvalue weighted by molar-refractivity contribution is 0.262. The van der Waals surface area contributed by atoms with Crippen LogP contribution < -0.4 is 5.32 Å². The average molecular weight is 252 g/mol. The van der Waals surface area contributed by atoms with E-state index in [2.05, 4.69) is 35.1 Å². The maximum absolute atomic E-state index is 8.82. The molecule has 0 spiro atoms. The maximum atomic E-state index is 8.82. The molecule has 1 aromatic heterocycles. The SMILES string of the molecule is CCNc1ncc(CN(CC)CC(C)C#N)s1. The summed E-state index contributed by atoms with van der Waals surface area (Å²) >= 11 is 1.69. The first-order valence-corrected chi connectivity index (χ1v) is 6.81. The molecule has 1 unspecified atom stereocenters.